The number of fused-ring (bicyclic) bond motifs is 2. The van der Waals surface area contributed by atoms with E-state index in [0.717, 1.165) is 5.56 Å². The number of aryl methyl sites for hydroxylation is 1. The number of hydrogen-bond donors (Lipinski definition) is 1. The van der Waals surface area contributed by atoms with E-state index in [1.54, 1.807) is 36.4 Å². The second-order valence-corrected chi connectivity index (χ2v) is 9.47. The first-order valence-corrected chi connectivity index (χ1v) is 11.9. The number of nitrogens with one attached hydrogen (secondary N) is 1. The van der Waals surface area contributed by atoms with E-state index in [9.17, 15) is 18.8 Å². The summed E-state index contributed by atoms with van der Waals surface area (Å²) in [6, 6.07) is 18.1. The molecular weight excluding hydrogens is 469 g/mol. The van der Waals surface area contributed by atoms with Crippen molar-refractivity contribution in [3.63, 3.8) is 0 Å². The van der Waals surface area contributed by atoms with Crippen molar-refractivity contribution in [3.05, 3.63) is 83.7 Å². The number of methoxy groups -OCH3 is 1. The average Bonchev–Trinajstić information content (AvgIpc) is 3.30. The van der Waals surface area contributed by atoms with Crippen LogP contribution in [0.2, 0.25) is 0 Å². The minimum Gasteiger partial charge on any atom is -0.495 e. The van der Waals surface area contributed by atoms with Gasteiger partial charge in [0.1, 0.15) is 18.1 Å². The van der Waals surface area contributed by atoms with E-state index in [1.807, 2.05) is 19.1 Å². The summed E-state index contributed by atoms with van der Waals surface area (Å²) < 4.78 is 19.4. The maximum atomic E-state index is 14.1. The van der Waals surface area contributed by atoms with Gasteiger partial charge in [0.2, 0.25) is 16.7 Å². The lowest BCUT2D eigenvalue weighted by molar-refractivity contribution is -0.124. The van der Waals surface area contributed by atoms with Crippen molar-refractivity contribution in [1.29, 1.82) is 0 Å². The summed E-state index contributed by atoms with van der Waals surface area (Å²) in [5, 5.41) is 2.79. The molecule has 1 unspecified atom stereocenters. The lowest BCUT2D eigenvalue weighted by Gasteiger charge is -2.33. The van der Waals surface area contributed by atoms with Gasteiger partial charge in [0.25, 0.3) is 5.91 Å². The summed E-state index contributed by atoms with van der Waals surface area (Å²) in [4.78, 5) is 41.4. The second kappa shape index (κ2) is 8.74. The molecule has 35 heavy (non-hydrogen) atoms. The molecule has 1 N–H and O–H groups in total. The minimum absolute atomic E-state index is 0.0525. The third-order valence-corrected chi connectivity index (χ3v) is 7.45. The summed E-state index contributed by atoms with van der Waals surface area (Å²) in [6.45, 7) is 1.63. The Kier molecular flexibility index (Phi) is 5.72. The maximum absolute atomic E-state index is 14.1. The van der Waals surface area contributed by atoms with E-state index in [-0.39, 0.29) is 18.2 Å². The van der Waals surface area contributed by atoms with Crippen molar-refractivity contribution in [1.82, 2.24) is 0 Å². The van der Waals surface area contributed by atoms with E-state index >= 15 is 0 Å². The molecule has 178 valence electrons. The number of benzene rings is 3. The molecular formula is C26H22FN3O4S. The lowest BCUT2D eigenvalue weighted by Crippen LogP contribution is -2.51. The molecule has 0 bridgehead atoms. The fourth-order valence-electron chi connectivity index (χ4n) is 4.57. The first-order valence-electron chi connectivity index (χ1n) is 10.9. The zero-order valence-corrected chi connectivity index (χ0v) is 19.9. The molecule has 1 spiro atoms. The van der Waals surface area contributed by atoms with Gasteiger partial charge in [-0.1, -0.05) is 35.9 Å². The van der Waals surface area contributed by atoms with Crippen LogP contribution in [-0.2, 0) is 19.3 Å². The second-order valence-electron chi connectivity index (χ2n) is 8.30. The fourth-order valence-corrected chi connectivity index (χ4v) is 5.92. The molecule has 9 heteroatoms. The molecule has 3 aromatic carbocycles. The highest BCUT2D eigenvalue weighted by molar-refractivity contribution is 8.02. The summed E-state index contributed by atoms with van der Waals surface area (Å²) >= 11 is 1.18. The van der Waals surface area contributed by atoms with Crippen LogP contribution in [0.3, 0.4) is 0 Å². The quantitative estimate of drug-likeness (QED) is 0.582. The zero-order valence-electron chi connectivity index (χ0n) is 19.1. The van der Waals surface area contributed by atoms with Crippen molar-refractivity contribution in [2.24, 2.45) is 0 Å². The van der Waals surface area contributed by atoms with Crippen molar-refractivity contribution in [2.45, 2.75) is 11.8 Å². The lowest BCUT2D eigenvalue weighted by atomic mass is 10.0. The Hall–Kier alpha value is -3.85. The number of halogens is 1. The number of carbonyl (C=O) groups is 3. The topological polar surface area (TPSA) is 79.0 Å². The summed E-state index contributed by atoms with van der Waals surface area (Å²) in [6.07, 6.45) is 0. The zero-order chi connectivity index (χ0) is 24.7. The van der Waals surface area contributed by atoms with E-state index in [4.69, 9.17) is 4.74 Å². The largest absolute Gasteiger partial charge is 0.495 e. The summed E-state index contributed by atoms with van der Waals surface area (Å²) in [5.41, 5.74) is 2.82. The Morgan fingerprint density at radius 1 is 1.11 bits per heavy atom. The maximum Gasteiger partial charge on any atom is 0.269 e. The molecule has 3 amide bonds. The molecule has 1 fully saturated rings. The number of anilines is 3. The van der Waals surface area contributed by atoms with Gasteiger partial charge in [0.15, 0.2) is 0 Å². The first kappa shape index (κ1) is 22.9. The van der Waals surface area contributed by atoms with Crippen LogP contribution in [-0.4, -0.2) is 37.1 Å². The van der Waals surface area contributed by atoms with Crippen LogP contribution in [0.1, 0.15) is 11.1 Å². The predicted molar refractivity (Wildman–Crippen MR) is 133 cm³/mol. The molecule has 7 nitrogen and oxygen atoms in total. The number of para-hydroxylation sites is 2. The SMILES string of the molecule is COc1ccccc1NC(=O)CN1C(=O)C2(SCC(=O)N2c2cccc(F)c2)c2cc(C)ccc21. The number of carbonyl (C=O) groups excluding carboxylic acids is 3. The van der Waals surface area contributed by atoms with E-state index in [2.05, 4.69) is 5.32 Å². The van der Waals surface area contributed by atoms with Gasteiger partial charge in [-0.05, 0) is 43.3 Å². The number of ether oxygens (including phenoxy) is 1. The Balaban J connectivity index is 1.54. The Morgan fingerprint density at radius 2 is 1.91 bits per heavy atom. The van der Waals surface area contributed by atoms with Crippen LogP contribution >= 0.6 is 11.8 Å². The number of nitrogens with zero attached hydrogens (tertiary/aromatic N) is 2. The molecule has 2 heterocycles. The van der Waals surface area contributed by atoms with Crippen molar-refractivity contribution in [2.75, 3.05) is 34.5 Å². The predicted octanol–water partition coefficient (Wildman–Crippen LogP) is 4.06. The molecule has 0 aromatic heterocycles. The smallest absolute Gasteiger partial charge is 0.269 e. The van der Waals surface area contributed by atoms with Gasteiger partial charge < -0.3 is 10.1 Å². The standard InChI is InChI=1S/C26H22FN3O4S/c1-16-10-11-21-19(12-16)26(30(24(32)15-35-26)18-7-5-6-17(27)13-18)25(33)29(21)14-23(31)28-20-8-3-4-9-22(20)34-2/h3-13H,14-15H2,1-2H3,(H,28,31). The van der Waals surface area contributed by atoms with E-state index < -0.39 is 22.5 Å². The van der Waals surface area contributed by atoms with Gasteiger partial charge in [-0.3, -0.25) is 24.2 Å². The highest BCUT2D eigenvalue weighted by Crippen LogP contribution is 2.55. The van der Waals surface area contributed by atoms with Gasteiger partial charge in [0, 0.05) is 11.3 Å². The monoisotopic (exact) mass is 491 g/mol. The molecule has 1 atom stereocenters. The summed E-state index contributed by atoms with van der Waals surface area (Å²) in [5.74, 6) is -1.11. The van der Waals surface area contributed by atoms with Gasteiger partial charge in [-0.2, -0.15) is 0 Å². The molecule has 2 aliphatic rings. The molecule has 1 saturated heterocycles. The van der Waals surface area contributed by atoms with E-state index in [0.29, 0.717) is 28.4 Å². The van der Waals surface area contributed by atoms with Crippen molar-refractivity contribution < 1.29 is 23.5 Å². The first-order chi connectivity index (χ1) is 16.8. The number of thioether (sulfide) groups is 1. The Morgan fingerprint density at radius 3 is 2.69 bits per heavy atom. The highest BCUT2D eigenvalue weighted by Gasteiger charge is 2.61. The van der Waals surface area contributed by atoms with Crippen LogP contribution in [0.5, 0.6) is 5.75 Å². The van der Waals surface area contributed by atoms with Gasteiger partial charge in [-0.15, -0.1) is 11.8 Å². The number of amides is 3. The Labute approximate surface area is 205 Å². The number of hydrogen-bond acceptors (Lipinski definition) is 5. The van der Waals surface area contributed by atoms with Crippen LogP contribution in [0.4, 0.5) is 21.5 Å². The van der Waals surface area contributed by atoms with E-state index in [1.165, 1.54) is 46.9 Å². The average molecular weight is 492 g/mol. The van der Waals surface area contributed by atoms with Gasteiger partial charge in [-0.25, -0.2) is 4.39 Å². The van der Waals surface area contributed by atoms with Crippen LogP contribution in [0, 0.1) is 12.7 Å². The summed E-state index contributed by atoms with van der Waals surface area (Å²) in [7, 11) is 1.51. The normalized spacial score (nSPS) is 18.8. The van der Waals surface area contributed by atoms with Crippen molar-refractivity contribution in [3.8, 4) is 5.75 Å². The van der Waals surface area contributed by atoms with Gasteiger partial charge in [0.05, 0.1) is 24.2 Å². The molecule has 0 radical (unpaired) electrons. The van der Waals surface area contributed by atoms with Crippen LogP contribution in [0.15, 0.2) is 66.7 Å². The molecule has 0 saturated carbocycles. The fraction of sp³-hybridized carbons (Fsp3) is 0.192. The van der Waals surface area contributed by atoms with Crippen molar-refractivity contribution >= 4 is 46.5 Å². The number of rotatable bonds is 5. The van der Waals surface area contributed by atoms with Crippen LogP contribution in [0.25, 0.3) is 0 Å². The third-order valence-electron chi connectivity index (χ3n) is 6.06. The molecule has 0 aliphatic carbocycles. The molecule has 2 aliphatic heterocycles. The van der Waals surface area contributed by atoms with Gasteiger partial charge >= 0.3 is 0 Å². The molecule has 5 rings (SSSR count). The van der Waals surface area contributed by atoms with Crippen LogP contribution < -0.4 is 19.9 Å². The molecule has 3 aromatic rings. The highest BCUT2D eigenvalue weighted by atomic mass is 32.2. The minimum atomic E-state index is -1.42. The third kappa shape index (κ3) is 3.72. The Bertz CT molecular complexity index is 1360.